The average molecular weight is 329 g/mol. The van der Waals surface area contributed by atoms with Gasteiger partial charge in [0.25, 0.3) is 0 Å². The molecule has 5 heteroatoms. The summed E-state index contributed by atoms with van der Waals surface area (Å²) in [6, 6.07) is 18.2. The molecular weight excluding hydrogens is 314 g/mol. The summed E-state index contributed by atoms with van der Waals surface area (Å²) in [7, 11) is 0. The van der Waals surface area contributed by atoms with Crippen LogP contribution in [0.5, 0.6) is 5.75 Å². The number of amides is 1. The van der Waals surface area contributed by atoms with Crippen LogP contribution < -0.4 is 5.73 Å². The number of rotatable bonds is 3. The van der Waals surface area contributed by atoms with Crippen LogP contribution in [0.25, 0.3) is 28.0 Å². The first-order valence-electron chi connectivity index (χ1n) is 7.78. The average Bonchev–Trinajstić information content (AvgIpc) is 3.05. The number of pyridine rings is 1. The third kappa shape index (κ3) is 2.72. The van der Waals surface area contributed by atoms with Crippen molar-refractivity contribution >= 4 is 11.6 Å². The second-order valence-electron chi connectivity index (χ2n) is 5.78. The minimum absolute atomic E-state index is 0.227. The number of benzene rings is 2. The summed E-state index contributed by atoms with van der Waals surface area (Å²) in [5.74, 6) is -0.230. The molecule has 0 aliphatic rings. The quantitative estimate of drug-likeness (QED) is 0.604. The highest BCUT2D eigenvalue weighted by atomic mass is 16.3. The van der Waals surface area contributed by atoms with E-state index in [9.17, 15) is 9.90 Å². The van der Waals surface area contributed by atoms with Gasteiger partial charge in [0.15, 0.2) is 0 Å². The van der Waals surface area contributed by atoms with Crippen LogP contribution in [-0.2, 0) is 0 Å². The Morgan fingerprint density at radius 1 is 0.960 bits per heavy atom. The van der Waals surface area contributed by atoms with Crippen LogP contribution in [0.2, 0.25) is 0 Å². The summed E-state index contributed by atoms with van der Waals surface area (Å²) in [5, 5.41) is 9.65. The summed E-state index contributed by atoms with van der Waals surface area (Å²) in [6.07, 6.45) is 3.69. The van der Waals surface area contributed by atoms with Gasteiger partial charge in [0, 0.05) is 17.3 Å². The molecule has 122 valence electrons. The number of phenolic OH excluding ortho intramolecular Hbond substituents is 1. The van der Waals surface area contributed by atoms with Gasteiger partial charge in [0.1, 0.15) is 11.4 Å². The molecule has 4 rings (SSSR count). The van der Waals surface area contributed by atoms with Crippen LogP contribution in [0.3, 0.4) is 0 Å². The van der Waals surface area contributed by atoms with E-state index in [2.05, 4.69) is 4.98 Å². The lowest BCUT2D eigenvalue weighted by atomic mass is 10.1. The van der Waals surface area contributed by atoms with Crippen molar-refractivity contribution in [3.05, 3.63) is 78.6 Å². The lowest BCUT2D eigenvalue weighted by Gasteiger charge is -2.06. The molecular formula is C20H15N3O2. The molecule has 0 fully saturated rings. The Labute approximate surface area is 144 Å². The molecule has 0 unspecified atom stereocenters. The van der Waals surface area contributed by atoms with Crippen molar-refractivity contribution in [1.29, 1.82) is 0 Å². The van der Waals surface area contributed by atoms with Crippen LogP contribution in [0.4, 0.5) is 0 Å². The Kier molecular flexibility index (Phi) is 3.47. The van der Waals surface area contributed by atoms with E-state index in [-0.39, 0.29) is 5.75 Å². The first kappa shape index (κ1) is 15.0. The van der Waals surface area contributed by atoms with Crippen molar-refractivity contribution in [1.82, 2.24) is 9.38 Å². The Balaban J connectivity index is 1.81. The lowest BCUT2D eigenvalue weighted by Crippen LogP contribution is -2.10. The van der Waals surface area contributed by atoms with E-state index in [1.807, 2.05) is 34.9 Å². The number of aromatic nitrogens is 2. The number of nitrogens with two attached hydrogens (primary N) is 1. The zero-order valence-electron chi connectivity index (χ0n) is 13.3. The maximum atomic E-state index is 11.4. The molecule has 0 aliphatic heterocycles. The van der Waals surface area contributed by atoms with Crippen molar-refractivity contribution in [2.75, 3.05) is 0 Å². The number of carbonyl (C=O) groups is 1. The van der Waals surface area contributed by atoms with Gasteiger partial charge < -0.3 is 10.8 Å². The zero-order chi connectivity index (χ0) is 17.4. The van der Waals surface area contributed by atoms with Gasteiger partial charge in [-0.15, -0.1) is 0 Å². The first-order chi connectivity index (χ1) is 12.1. The van der Waals surface area contributed by atoms with Crippen LogP contribution in [0, 0.1) is 0 Å². The van der Waals surface area contributed by atoms with Crippen molar-refractivity contribution in [2.45, 2.75) is 0 Å². The number of primary amides is 1. The summed E-state index contributed by atoms with van der Waals surface area (Å²) < 4.78 is 1.95. The monoisotopic (exact) mass is 329 g/mol. The topological polar surface area (TPSA) is 80.6 Å². The Morgan fingerprint density at radius 3 is 2.52 bits per heavy atom. The molecule has 0 atom stereocenters. The predicted molar refractivity (Wildman–Crippen MR) is 96.2 cm³/mol. The van der Waals surface area contributed by atoms with Crippen LogP contribution in [0.15, 0.2) is 73.1 Å². The minimum atomic E-state index is -0.457. The molecule has 4 aromatic rings. The summed E-state index contributed by atoms with van der Waals surface area (Å²) in [4.78, 5) is 15.9. The molecule has 0 saturated carbocycles. The smallest absolute Gasteiger partial charge is 0.248 e. The highest BCUT2D eigenvalue weighted by Crippen LogP contribution is 2.27. The van der Waals surface area contributed by atoms with Crippen LogP contribution >= 0.6 is 0 Å². The second-order valence-corrected chi connectivity index (χ2v) is 5.78. The normalized spacial score (nSPS) is 10.9. The number of hydrogen-bond acceptors (Lipinski definition) is 3. The number of carbonyl (C=O) groups excluding carboxylic acids is 1. The van der Waals surface area contributed by atoms with Gasteiger partial charge in [0.05, 0.1) is 11.9 Å². The van der Waals surface area contributed by atoms with Crippen molar-refractivity contribution < 1.29 is 9.90 Å². The number of phenols is 1. The van der Waals surface area contributed by atoms with E-state index in [1.54, 1.807) is 42.6 Å². The number of aromatic hydroxyl groups is 1. The summed E-state index contributed by atoms with van der Waals surface area (Å²) in [6.45, 7) is 0. The Hall–Kier alpha value is -3.60. The standard InChI is InChI=1S/C20H15N3O2/c21-20(25)16-5-1-4-15(9-16)18-12-22-19-11-14(7-8-23(18)19)13-3-2-6-17(24)10-13/h1-12,24H,(H2,21,25). The van der Waals surface area contributed by atoms with Gasteiger partial charge in [-0.25, -0.2) is 4.98 Å². The zero-order valence-corrected chi connectivity index (χ0v) is 13.3. The fourth-order valence-electron chi connectivity index (χ4n) is 2.89. The van der Waals surface area contributed by atoms with Gasteiger partial charge in [0.2, 0.25) is 5.91 Å². The van der Waals surface area contributed by atoms with Gasteiger partial charge in [-0.1, -0.05) is 24.3 Å². The van der Waals surface area contributed by atoms with Gasteiger partial charge in [-0.2, -0.15) is 0 Å². The molecule has 2 aromatic carbocycles. The predicted octanol–water partition coefficient (Wildman–Crippen LogP) is 3.47. The number of nitrogens with zero attached hydrogens (tertiary/aromatic N) is 2. The molecule has 25 heavy (non-hydrogen) atoms. The van der Waals surface area contributed by atoms with Crippen molar-refractivity contribution in [2.24, 2.45) is 5.73 Å². The van der Waals surface area contributed by atoms with E-state index >= 15 is 0 Å². The molecule has 0 saturated heterocycles. The Bertz CT molecular complexity index is 1100. The molecule has 1 amide bonds. The molecule has 0 aliphatic carbocycles. The highest BCUT2D eigenvalue weighted by Gasteiger charge is 2.09. The summed E-state index contributed by atoms with van der Waals surface area (Å²) >= 11 is 0. The van der Waals surface area contributed by atoms with E-state index in [4.69, 9.17) is 5.73 Å². The molecule has 2 heterocycles. The van der Waals surface area contributed by atoms with E-state index in [1.165, 1.54) is 0 Å². The number of fused-ring (bicyclic) bond motifs is 1. The highest BCUT2D eigenvalue weighted by molar-refractivity contribution is 5.94. The third-order valence-electron chi connectivity index (χ3n) is 4.14. The largest absolute Gasteiger partial charge is 0.508 e. The number of hydrogen-bond donors (Lipinski definition) is 2. The molecule has 5 nitrogen and oxygen atoms in total. The second kappa shape index (κ2) is 5.79. The van der Waals surface area contributed by atoms with Crippen molar-refractivity contribution in [3.8, 4) is 28.1 Å². The number of imidazole rings is 1. The van der Waals surface area contributed by atoms with Gasteiger partial charge >= 0.3 is 0 Å². The van der Waals surface area contributed by atoms with Crippen molar-refractivity contribution in [3.63, 3.8) is 0 Å². The molecule has 0 spiro atoms. The summed E-state index contributed by atoms with van der Waals surface area (Å²) in [5.41, 5.74) is 10.2. The van der Waals surface area contributed by atoms with E-state index < -0.39 is 5.91 Å². The first-order valence-corrected chi connectivity index (χ1v) is 7.78. The van der Waals surface area contributed by atoms with Gasteiger partial charge in [-0.3, -0.25) is 9.20 Å². The maximum Gasteiger partial charge on any atom is 0.248 e. The van der Waals surface area contributed by atoms with Crippen LogP contribution in [-0.4, -0.2) is 20.4 Å². The lowest BCUT2D eigenvalue weighted by molar-refractivity contribution is 0.100. The van der Waals surface area contributed by atoms with E-state index in [0.29, 0.717) is 5.56 Å². The Morgan fingerprint density at radius 2 is 1.72 bits per heavy atom. The minimum Gasteiger partial charge on any atom is -0.508 e. The van der Waals surface area contributed by atoms with Gasteiger partial charge in [-0.05, 0) is 47.5 Å². The maximum absolute atomic E-state index is 11.4. The van der Waals surface area contributed by atoms with E-state index in [0.717, 1.165) is 28.0 Å². The SMILES string of the molecule is NC(=O)c1cccc(-c2cnc3cc(-c4cccc(O)c4)ccn23)c1. The fourth-order valence-corrected chi connectivity index (χ4v) is 2.89. The molecule has 3 N–H and O–H groups in total. The fraction of sp³-hybridized carbons (Fsp3) is 0. The third-order valence-corrected chi connectivity index (χ3v) is 4.14. The molecule has 0 bridgehead atoms. The molecule has 2 aromatic heterocycles. The molecule has 0 radical (unpaired) electrons. The van der Waals surface area contributed by atoms with Crippen LogP contribution in [0.1, 0.15) is 10.4 Å².